The summed E-state index contributed by atoms with van der Waals surface area (Å²) in [6.07, 6.45) is 1.18. The number of thiophene rings is 1. The van der Waals surface area contributed by atoms with Crippen LogP contribution >= 0.6 is 22.9 Å². The fourth-order valence-electron chi connectivity index (χ4n) is 1.01. The van der Waals surface area contributed by atoms with Gasteiger partial charge in [-0.1, -0.05) is 13.8 Å². The van der Waals surface area contributed by atoms with Crippen LogP contribution in [-0.2, 0) is 12.3 Å². The summed E-state index contributed by atoms with van der Waals surface area (Å²) in [6.45, 7) is 4.47. The van der Waals surface area contributed by atoms with E-state index in [1.54, 1.807) is 0 Å². The third-order valence-electron chi connectivity index (χ3n) is 1.46. The standard InChI is InChI=1S/C9H13ClS/c1-7(2)5-8-3-4-9(6-10)11-8/h3-4,7H,5-6H2,1-2H3. The van der Waals surface area contributed by atoms with Gasteiger partial charge in [0.05, 0.1) is 5.88 Å². The zero-order valence-corrected chi connectivity index (χ0v) is 8.50. The van der Waals surface area contributed by atoms with Gasteiger partial charge in [0.15, 0.2) is 0 Å². The van der Waals surface area contributed by atoms with Crippen LogP contribution in [0.25, 0.3) is 0 Å². The van der Waals surface area contributed by atoms with Gasteiger partial charge in [0.25, 0.3) is 0 Å². The first-order valence-corrected chi connectivity index (χ1v) is 5.21. The molecule has 0 N–H and O–H groups in total. The summed E-state index contributed by atoms with van der Waals surface area (Å²) in [6, 6.07) is 4.30. The molecule has 1 rings (SSSR count). The summed E-state index contributed by atoms with van der Waals surface area (Å²) in [5, 5.41) is 0. The normalized spacial score (nSPS) is 10.9. The fraction of sp³-hybridized carbons (Fsp3) is 0.556. The van der Waals surface area contributed by atoms with Crippen LogP contribution in [0.2, 0.25) is 0 Å². The predicted octanol–water partition coefficient (Wildman–Crippen LogP) is 3.69. The lowest BCUT2D eigenvalue weighted by Crippen LogP contribution is -1.89. The van der Waals surface area contributed by atoms with E-state index in [9.17, 15) is 0 Å². The molecule has 1 aromatic rings. The molecule has 2 heteroatoms. The molecular weight excluding hydrogens is 176 g/mol. The highest BCUT2D eigenvalue weighted by molar-refractivity contribution is 7.12. The van der Waals surface area contributed by atoms with Crippen LogP contribution in [0.3, 0.4) is 0 Å². The molecule has 0 bridgehead atoms. The molecule has 0 amide bonds. The van der Waals surface area contributed by atoms with Crippen LogP contribution in [-0.4, -0.2) is 0 Å². The Bertz CT molecular complexity index is 215. The van der Waals surface area contributed by atoms with Gasteiger partial charge in [-0.2, -0.15) is 0 Å². The summed E-state index contributed by atoms with van der Waals surface area (Å²) in [7, 11) is 0. The second kappa shape index (κ2) is 4.13. The summed E-state index contributed by atoms with van der Waals surface area (Å²) in [5.41, 5.74) is 0. The quantitative estimate of drug-likeness (QED) is 0.635. The second-order valence-electron chi connectivity index (χ2n) is 3.10. The van der Waals surface area contributed by atoms with E-state index >= 15 is 0 Å². The van der Waals surface area contributed by atoms with Gasteiger partial charge < -0.3 is 0 Å². The van der Waals surface area contributed by atoms with Gasteiger partial charge in [-0.05, 0) is 24.5 Å². The van der Waals surface area contributed by atoms with Gasteiger partial charge in [0.2, 0.25) is 0 Å². The largest absolute Gasteiger partial charge is 0.144 e. The average Bonchev–Trinajstić information content (AvgIpc) is 2.34. The Morgan fingerprint density at radius 3 is 2.45 bits per heavy atom. The minimum atomic E-state index is 0.656. The van der Waals surface area contributed by atoms with Crippen LogP contribution in [0.1, 0.15) is 23.6 Å². The van der Waals surface area contributed by atoms with Crippen molar-refractivity contribution in [3.8, 4) is 0 Å². The minimum Gasteiger partial charge on any atom is -0.144 e. The molecule has 0 spiro atoms. The summed E-state index contributed by atoms with van der Waals surface area (Å²) in [4.78, 5) is 2.73. The van der Waals surface area contributed by atoms with Crippen LogP contribution in [0, 0.1) is 5.92 Å². The molecule has 62 valence electrons. The van der Waals surface area contributed by atoms with Crippen molar-refractivity contribution in [2.45, 2.75) is 26.1 Å². The lowest BCUT2D eigenvalue weighted by molar-refractivity contribution is 0.654. The summed E-state index contributed by atoms with van der Waals surface area (Å²) in [5.74, 6) is 1.40. The average molecular weight is 189 g/mol. The maximum Gasteiger partial charge on any atom is 0.0568 e. The minimum absolute atomic E-state index is 0.656. The Morgan fingerprint density at radius 1 is 1.36 bits per heavy atom. The molecule has 0 aliphatic heterocycles. The van der Waals surface area contributed by atoms with Gasteiger partial charge in [0.1, 0.15) is 0 Å². The summed E-state index contributed by atoms with van der Waals surface area (Å²) >= 11 is 7.52. The Kier molecular flexibility index (Phi) is 3.41. The first-order valence-electron chi connectivity index (χ1n) is 3.86. The van der Waals surface area contributed by atoms with Crippen molar-refractivity contribution in [2.24, 2.45) is 5.92 Å². The third-order valence-corrected chi connectivity index (χ3v) is 3.01. The van der Waals surface area contributed by atoms with E-state index in [1.165, 1.54) is 16.2 Å². The molecule has 0 aromatic carbocycles. The molecule has 0 fully saturated rings. The van der Waals surface area contributed by atoms with Crippen molar-refractivity contribution in [1.82, 2.24) is 0 Å². The molecule has 0 nitrogen and oxygen atoms in total. The molecule has 1 heterocycles. The zero-order chi connectivity index (χ0) is 8.27. The van der Waals surface area contributed by atoms with Crippen molar-refractivity contribution < 1.29 is 0 Å². The summed E-state index contributed by atoms with van der Waals surface area (Å²) < 4.78 is 0. The van der Waals surface area contributed by atoms with E-state index in [1.807, 2.05) is 11.3 Å². The Hall–Kier alpha value is -0.0100. The smallest absolute Gasteiger partial charge is 0.0568 e. The molecule has 11 heavy (non-hydrogen) atoms. The van der Waals surface area contributed by atoms with Gasteiger partial charge >= 0.3 is 0 Å². The highest BCUT2D eigenvalue weighted by Gasteiger charge is 2.00. The number of hydrogen-bond acceptors (Lipinski definition) is 1. The number of halogens is 1. The molecule has 0 aliphatic rings. The molecule has 0 aliphatic carbocycles. The van der Waals surface area contributed by atoms with E-state index in [-0.39, 0.29) is 0 Å². The zero-order valence-electron chi connectivity index (χ0n) is 6.93. The van der Waals surface area contributed by atoms with E-state index in [4.69, 9.17) is 11.6 Å². The van der Waals surface area contributed by atoms with Crippen LogP contribution in [0.15, 0.2) is 12.1 Å². The van der Waals surface area contributed by atoms with Crippen LogP contribution < -0.4 is 0 Å². The fourth-order valence-corrected chi connectivity index (χ4v) is 2.34. The monoisotopic (exact) mass is 188 g/mol. The number of hydrogen-bond donors (Lipinski definition) is 0. The predicted molar refractivity (Wildman–Crippen MR) is 52.4 cm³/mol. The molecule has 0 unspecified atom stereocenters. The molecule has 1 aromatic heterocycles. The maximum absolute atomic E-state index is 5.69. The van der Waals surface area contributed by atoms with Gasteiger partial charge in [-0.25, -0.2) is 0 Å². The number of alkyl halides is 1. The van der Waals surface area contributed by atoms with Crippen molar-refractivity contribution in [3.63, 3.8) is 0 Å². The SMILES string of the molecule is CC(C)Cc1ccc(CCl)s1. The molecule has 0 saturated carbocycles. The van der Waals surface area contributed by atoms with Gasteiger partial charge in [-0.15, -0.1) is 22.9 Å². The molecule has 0 radical (unpaired) electrons. The topological polar surface area (TPSA) is 0 Å². The van der Waals surface area contributed by atoms with E-state index in [0.717, 1.165) is 5.92 Å². The first kappa shape index (κ1) is 9.08. The van der Waals surface area contributed by atoms with E-state index in [0.29, 0.717) is 5.88 Å². The lowest BCUT2D eigenvalue weighted by atomic mass is 10.1. The van der Waals surface area contributed by atoms with Crippen LogP contribution in [0.5, 0.6) is 0 Å². The second-order valence-corrected chi connectivity index (χ2v) is 4.62. The molecular formula is C9H13ClS. The Morgan fingerprint density at radius 2 is 2.00 bits per heavy atom. The first-order chi connectivity index (χ1) is 5.22. The number of rotatable bonds is 3. The highest BCUT2D eigenvalue weighted by atomic mass is 35.5. The Balaban J connectivity index is 2.58. The third kappa shape index (κ3) is 2.84. The maximum atomic E-state index is 5.69. The van der Waals surface area contributed by atoms with Crippen molar-refractivity contribution in [2.75, 3.05) is 0 Å². The Labute approximate surface area is 77.2 Å². The van der Waals surface area contributed by atoms with Crippen molar-refractivity contribution in [3.05, 3.63) is 21.9 Å². The van der Waals surface area contributed by atoms with Crippen molar-refractivity contribution in [1.29, 1.82) is 0 Å². The molecule has 0 atom stereocenters. The lowest BCUT2D eigenvalue weighted by Gasteiger charge is -1.99. The van der Waals surface area contributed by atoms with Gasteiger partial charge in [-0.3, -0.25) is 0 Å². The van der Waals surface area contributed by atoms with E-state index < -0.39 is 0 Å². The molecule has 0 saturated heterocycles. The van der Waals surface area contributed by atoms with Crippen molar-refractivity contribution >= 4 is 22.9 Å². The van der Waals surface area contributed by atoms with Gasteiger partial charge in [0, 0.05) is 9.75 Å². The van der Waals surface area contributed by atoms with E-state index in [2.05, 4.69) is 26.0 Å². The van der Waals surface area contributed by atoms with Crippen LogP contribution in [0.4, 0.5) is 0 Å². The highest BCUT2D eigenvalue weighted by Crippen LogP contribution is 2.20.